The molecule has 2 aromatic carbocycles. The number of hydrogen-bond acceptors (Lipinski definition) is 2. The van der Waals surface area contributed by atoms with Gasteiger partial charge in [0.05, 0.1) is 11.8 Å². The smallest absolute Gasteiger partial charge is 0.230 e. The Labute approximate surface area is 155 Å². The molecule has 0 bridgehead atoms. The summed E-state index contributed by atoms with van der Waals surface area (Å²) >= 11 is 0. The topological polar surface area (TPSA) is 49.4 Å². The minimum Gasteiger partial charge on any atom is -0.325 e. The van der Waals surface area contributed by atoms with Gasteiger partial charge in [-0.1, -0.05) is 50.2 Å². The number of aryl methyl sites for hydroxylation is 1. The van der Waals surface area contributed by atoms with Crippen LogP contribution in [0.2, 0.25) is 0 Å². The maximum Gasteiger partial charge on any atom is 0.230 e. The third kappa shape index (κ3) is 3.64. The second-order valence-corrected chi connectivity index (χ2v) is 7.36. The molecule has 0 spiro atoms. The summed E-state index contributed by atoms with van der Waals surface area (Å²) in [6.07, 6.45) is 0.616. The van der Waals surface area contributed by atoms with Crippen LogP contribution in [-0.4, -0.2) is 18.9 Å². The molecular formula is C22H26N2O2. The monoisotopic (exact) mass is 350 g/mol. The van der Waals surface area contributed by atoms with E-state index in [2.05, 4.69) is 19.2 Å². The fourth-order valence-corrected chi connectivity index (χ4v) is 3.34. The van der Waals surface area contributed by atoms with Gasteiger partial charge in [0.25, 0.3) is 0 Å². The van der Waals surface area contributed by atoms with Crippen LogP contribution in [0, 0.1) is 18.8 Å². The van der Waals surface area contributed by atoms with Gasteiger partial charge < -0.3 is 10.2 Å². The maximum atomic E-state index is 12.7. The second-order valence-electron chi connectivity index (χ2n) is 7.36. The van der Waals surface area contributed by atoms with Crippen LogP contribution in [0.1, 0.15) is 37.3 Å². The molecule has 0 radical (unpaired) electrons. The highest BCUT2D eigenvalue weighted by Crippen LogP contribution is 2.42. The molecular weight excluding hydrogens is 324 g/mol. The van der Waals surface area contributed by atoms with Gasteiger partial charge in [-0.2, -0.15) is 0 Å². The Hall–Kier alpha value is -2.62. The Morgan fingerprint density at radius 2 is 1.73 bits per heavy atom. The van der Waals surface area contributed by atoms with Crippen LogP contribution in [0.25, 0.3) is 0 Å². The van der Waals surface area contributed by atoms with E-state index in [1.807, 2.05) is 55.5 Å². The van der Waals surface area contributed by atoms with Crippen LogP contribution in [0.15, 0.2) is 48.5 Å². The molecule has 1 aliphatic carbocycles. The molecule has 0 aliphatic heterocycles. The summed E-state index contributed by atoms with van der Waals surface area (Å²) in [5, 5.41) is 3.08. The van der Waals surface area contributed by atoms with Crippen LogP contribution >= 0.6 is 0 Å². The van der Waals surface area contributed by atoms with Gasteiger partial charge in [0.1, 0.15) is 0 Å². The minimum absolute atomic E-state index is 0.00483. The van der Waals surface area contributed by atoms with Gasteiger partial charge in [0.2, 0.25) is 11.8 Å². The highest BCUT2D eigenvalue weighted by atomic mass is 16.2. The lowest BCUT2D eigenvalue weighted by molar-refractivity contribution is -0.123. The van der Waals surface area contributed by atoms with Crippen molar-refractivity contribution in [1.82, 2.24) is 0 Å². The van der Waals surface area contributed by atoms with Gasteiger partial charge in [-0.15, -0.1) is 0 Å². The Bertz CT molecular complexity index is 814. The molecule has 3 rings (SSSR count). The van der Waals surface area contributed by atoms with Crippen LogP contribution in [0.5, 0.6) is 0 Å². The first-order chi connectivity index (χ1) is 12.4. The van der Waals surface area contributed by atoms with Crippen molar-refractivity contribution in [3.8, 4) is 0 Å². The molecule has 2 atom stereocenters. The van der Waals surface area contributed by atoms with E-state index >= 15 is 0 Å². The summed E-state index contributed by atoms with van der Waals surface area (Å²) < 4.78 is 0. The Kier molecular flexibility index (Phi) is 5.12. The standard InChI is InChI=1S/C22H26N2O2/c1-14(2)17-12-8-9-15(3)20(17)23-21(25)18-13-19(18)22(26)24(4)16-10-6-5-7-11-16/h5-12,14,18-19H,13H2,1-4H3,(H,23,25). The van der Waals surface area contributed by atoms with Crippen molar-refractivity contribution in [3.05, 3.63) is 59.7 Å². The molecule has 0 aromatic heterocycles. The van der Waals surface area contributed by atoms with Crippen molar-refractivity contribution in [3.63, 3.8) is 0 Å². The molecule has 1 N–H and O–H groups in total. The van der Waals surface area contributed by atoms with Crippen LogP contribution in [0.4, 0.5) is 11.4 Å². The number of nitrogens with one attached hydrogen (secondary N) is 1. The van der Waals surface area contributed by atoms with E-state index in [9.17, 15) is 9.59 Å². The highest BCUT2D eigenvalue weighted by Gasteiger charge is 2.49. The molecule has 2 aromatic rings. The first kappa shape index (κ1) is 18.2. The molecule has 2 amide bonds. The summed E-state index contributed by atoms with van der Waals surface area (Å²) in [5.41, 5.74) is 3.92. The van der Waals surface area contributed by atoms with Gasteiger partial charge in [0, 0.05) is 18.4 Å². The molecule has 4 heteroatoms. The largest absolute Gasteiger partial charge is 0.325 e. The molecule has 0 heterocycles. The predicted octanol–water partition coefficient (Wildman–Crippen LogP) is 4.36. The fraction of sp³-hybridized carbons (Fsp3) is 0.364. The van der Waals surface area contributed by atoms with E-state index in [0.29, 0.717) is 12.3 Å². The zero-order chi connectivity index (χ0) is 18.8. The third-order valence-electron chi connectivity index (χ3n) is 5.09. The Morgan fingerprint density at radius 1 is 1.04 bits per heavy atom. The molecule has 4 nitrogen and oxygen atoms in total. The average Bonchev–Trinajstić information content (AvgIpc) is 3.43. The van der Waals surface area contributed by atoms with E-state index in [-0.39, 0.29) is 23.7 Å². The predicted molar refractivity (Wildman–Crippen MR) is 105 cm³/mol. The van der Waals surface area contributed by atoms with Crippen molar-refractivity contribution in [2.45, 2.75) is 33.1 Å². The molecule has 1 saturated carbocycles. The summed E-state index contributed by atoms with van der Waals surface area (Å²) in [7, 11) is 1.77. The number of rotatable bonds is 5. The van der Waals surface area contributed by atoms with Crippen LogP contribution < -0.4 is 10.2 Å². The number of para-hydroxylation sites is 2. The first-order valence-electron chi connectivity index (χ1n) is 9.13. The van der Waals surface area contributed by atoms with Crippen LogP contribution in [-0.2, 0) is 9.59 Å². The number of amides is 2. The quantitative estimate of drug-likeness (QED) is 0.871. The summed E-state index contributed by atoms with van der Waals surface area (Å²) in [4.78, 5) is 27.0. The van der Waals surface area contributed by atoms with Crippen molar-refractivity contribution < 1.29 is 9.59 Å². The lowest BCUT2D eigenvalue weighted by Crippen LogP contribution is -2.29. The molecule has 1 aliphatic rings. The van der Waals surface area contributed by atoms with E-state index in [1.165, 1.54) is 0 Å². The zero-order valence-corrected chi connectivity index (χ0v) is 15.8. The Balaban J connectivity index is 1.68. The Morgan fingerprint density at radius 3 is 2.38 bits per heavy atom. The highest BCUT2D eigenvalue weighted by molar-refractivity contribution is 6.04. The lowest BCUT2D eigenvalue weighted by Gasteiger charge is -2.18. The first-order valence-corrected chi connectivity index (χ1v) is 9.13. The average molecular weight is 350 g/mol. The van der Waals surface area contributed by atoms with Gasteiger partial charge in [0.15, 0.2) is 0 Å². The maximum absolute atomic E-state index is 12.7. The number of benzene rings is 2. The second kappa shape index (κ2) is 7.32. The minimum atomic E-state index is -0.242. The van der Waals surface area contributed by atoms with E-state index in [0.717, 1.165) is 22.5 Å². The zero-order valence-electron chi connectivity index (χ0n) is 15.8. The molecule has 0 saturated heterocycles. The van der Waals surface area contributed by atoms with Crippen molar-refractivity contribution >= 4 is 23.2 Å². The van der Waals surface area contributed by atoms with Gasteiger partial charge in [-0.3, -0.25) is 9.59 Å². The molecule has 2 unspecified atom stereocenters. The van der Waals surface area contributed by atoms with Gasteiger partial charge in [-0.05, 0) is 42.5 Å². The van der Waals surface area contributed by atoms with E-state index < -0.39 is 0 Å². The summed E-state index contributed by atoms with van der Waals surface area (Å²) in [6.45, 7) is 6.23. The normalized spacial score (nSPS) is 18.5. The molecule has 136 valence electrons. The van der Waals surface area contributed by atoms with E-state index in [4.69, 9.17) is 0 Å². The fourth-order valence-electron chi connectivity index (χ4n) is 3.34. The van der Waals surface area contributed by atoms with Crippen molar-refractivity contribution in [1.29, 1.82) is 0 Å². The van der Waals surface area contributed by atoms with Crippen LogP contribution in [0.3, 0.4) is 0 Å². The van der Waals surface area contributed by atoms with Gasteiger partial charge in [-0.25, -0.2) is 0 Å². The number of nitrogens with zero attached hydrogens (tertiary/aromatic N) is 1. The summed E-state index contributed by atoms with van der Waals surface area (Å²) in [6, 6.07) is 15.6. The van der Waals surface area contributed by atoms with Gasteiger partial charge >= 0.3 is 0 Å². The van der Waals surface area contributed by atoms with E-state index in [1.54, 1.807) is 11.9 Å². The molecule has 26 heavy (non-hydrogen) atoms. The number of hydrogen-bond donors (Lipinski definition) is 1. The van der Waals surface area contributed by atoms with Crippen molar-refractivity contribution in [2.75, 3.05) is 17.3 Å². The summed E-state index contributed by atoms with van der Waals surface area (Å²) in [5.74, 6) is -0.197. The lowest BCUT2D eigenvalue weighted by atomic mass is 9.98. The SMILES string of the molecule is Cc1cccc(C(C)C)c1NC(=O)C1CC1C(=O)N(C)c1ccccc1. The third-order valence-corrected chi connectivity index (χ3v) is 5.09. The number of anilines is 2. The molecule has 1 fully saturated rings. The van der Waals surface area contributed by atoms with Crippen molar-refractivity contribution in [2.24, 2.45) is 11.8 Å². The number of carbonyl (C=O) groups excluding carboxylic acids is 2. The number of carbonyl (C=O) groups is 2.